The van der Waals surface area contributed by atoms with Gasteiger partial charge in [0.25, 0.3) is 5.91 Å². The zero-order valence-electron chi connectivity index (χ0n) is 13.2. The van der Waals surface area contributed by atoms with Gasteiger partial charge in [-0.15, -0.1) is 0 Å². The minimum atomic E-state index is -0.0485. The zero-order valence-corrected chi connectivity index (χ0v) is 14.0. The molecule has 0 fully saturated rings. The Labute approximate surface area is 132 Å². The fourth-order valence-electron chi connectivity index (χ4n) is 1.94. The lowest BCUT2D eigenvalue weighted by Gasteiger charge is -2.25. The van der Waals surface area contributed by atoms with Gasteiger partial charge in [-0.2, -0.15) is 0 Å². The van der Waals surface area contributed by atoms with Crippen LogP contribution in [0.4, 0.5) is 5.82 Å². The van der Waals surface area contributed by atoms with Crippen LogP contribution in [0.1, 0.15) is 30.6 Å². The molecule has 1 heterocycles. The number of pyridine rings is 1. The van der Waals surface area contributed by atoms with E-state index in [1.165, 1.54) is 4.90 Å². The molecule has 0 unspecified atom stereocenters. The van der Waals surface area contributed by atoms with Gasteiger partial charge in [0.1, 0.15) is 5.82 Å². The molecular weight excluding hydrogens is 284 g/mol. The Hall–Kier alpha value is -1.69. The maximum Gasteiger partial charge on any atom is 0.254 e. The highest BCUT2D eigenvalue weighted by Gasteiger charge is 2.13. The average Bonchev–Trinajstić information content (AvgIpc) is 2.42. The third-order valence-electron chi connectivity index (χ3n) is 2.94. The van der Waals surface area contributed by atoms with Gasteiger partial charge in [0.05, 0.1) is 10.6 Å². The summed E-state index contributed by atoms with van der Waals surface area (Å²) < 4.78 is 0. The number of carbonyl (C=O) groups excluding carboxylic acids is 1. The molecule has 0 radical (unpaired) electrons. The molecule has 0 aliphatic carbocycles. The third-order valence-corrected chi connectivity index (χ3v) is 3.14. The molecule has 1 amide bonds. The van der Waals surface area contributed by atoms with E-state index in [2.05, 4.69) is 23.7 Å². The number of aromatic nitrogens is 1. The minimum Gasteiger partial charge on any atom is -0.393 e. The summed E-state index contributed by atoms with van der Waals surface area (Å²) in [4.78, 5) is 20.5. The molecule has 0 bridgehead atoms. The Bertz CT molecular complexity index is 485. The van der Waals surface area contributed by atoms with Gasteiger partial charge in [-0.05, 0) is 18.1 Å². The molecule has 0 aliphatic rings. The Morgan fingerprint density at radius 3 is 2.48 bits per heavy atom. The number of hydrogen-bond donors (Lipinski definition) is 1. The van der Waals surface area contributed by atoms with Crippen molar-refractivity contribution in [3.8, 4) is 0 Å². The molecule has 116 valence electrons. The van der Waals surface area contributed by atoms with Crippen LogP contribution in [0.3, 0.4) is 0 Å². The minimum absolute atomic E-state index is 0.0485. The van der Waals surface area contributed by atoms with Crippen molar-refractivity contribution in [2.45, 2.75) is 20.3 Å². The van der Waals surface area contributed by atoms with Gasteiger partial charge >= 0.3 is 0 Å². The summed E-state index contributed by atoms with van der Waals surface area (Å²) in [5, 5.41) is 0. The summed E-state index contributed by atoms with van der Waals surface area (Å²) in [7, 11) is 3.45. The smallest absolute Gasteiger partial charge is 0.254 e. The Morgan fingerprint density at radius 1 is 1.38 bits per heavy atom. The Kier molecular flexibility index (Phi) is 6.55. The predicted octanol–water partition coefficient (Wildman–Crippen LogP) is 1.92. The topological polar surface area (TPSA) is 62.5 Å². The van der Waals surface area contributed by atoms with E-state index in [1.807, 2.05) is 6.07 Å². The second-order valence-corrected chi connectivity index (χ2v) is 6.19. The van der Waals surface area contributed by atoms with E-state index in [9.17, 15) is 4.79 Å². The average molecular weight is 308 g/mol. The van der Waals surface area contributed by atoms with E-state index in [1.54, 1.807) is 26.4 Å². The molecule has 1 aromatic heterocycles. The number of thiocarbonyl (C=S) groups is 1. The molecule has 1 rings (SSSR count). The van der Waals surface area contributed by atoms with Gasteiger partial charge in [0, 0.05) is 39.8 Å². The monoisotopic (exact) mass is 308 g/mol. The lowest BCUT2D eigenvalue weighted by Crippen LogP contribution is -2.31. The third kappa shape index (κ3) is 5.67. The maximum absolute atomic E-state index is 11.9. The lowest BCUT2D eigenvalue weighted by molar-refractivity contribution is 0.0827. The highest BCUT2D eigenvalue weighted by atomic mass is 32.1. The number of nitrogens with two attached hydrogens (primary N) is 1. The number of hydrogen-bond acceptors (Lipinski definition) is 4. The van der Waals surface area contributed by atoms with Gasteiger partial charge in [-0.25, -0.2) is 4.98 Å². The molecule has 1 aromatic rings. The Balaban J connectivity index is 2.87. The molecule has 21 heavy (non-hydrogen) atoms. The molecule has 0 aliphatic heterocycles. The Morgan fingerprint density at radius 2 is 2.05 bits per heavy atom. The molecule has 0 atom stereocenters. The van der Waals surface area contributed by atoms with Crippen LogP contribution in [-0.2, 0) is 0 Å². The van der Waals surface area contributed by atoms with Crippen molar-refractivity contribution in [2.75, 3.05) is 32.1 Å². The van der Waals surface area contributed by atoms with Gasteiger partial charge in [0.15, 0.2) is 0 Å². The fraction of sp³-hybridized carbons (Fsp3) is 0.533. The van der Waals surface area contributed by atoms with Crippen LogP contribution >= 0.6 is 12.2 Å². The molecule has 0 spiro atoms. The van der Waals surface area contributed by atoms with Crippen molar-refractivity contribution < 1.29 is 4.79 Å². The molecule has 0 saturated heterocycles. The van der Waals surface area contributed by atoms with Crippen molar-refractivity contribution in [1.82, 2.24) is 9.88 Å². The second-order valence-electron chi connectivity index (χ2n) is 5.66. The SMILES string of the molecule is CC(C)CN(CCC(N)=S)c1ccc(C(=O)N(C)C)cn1. The summed E-state index contributed by atoms with van der Waals surface area (Å²) in [6.07, 6.45) is 2.27. The van der Waals surface area contributed by atoms with Crippen LogP contribution in [-0.4, -0.2) is 48.0 Å². The zero-order chi connectivity index (χ0) is 16.0. The van der Waals surface area contributed by atoms with Crippen LogP contribution in [0.25, 0.3) is 0 Å². The van der Waals surface area contributed by atoms with Gasteiger partial charge in [-0.3, -0.25) is 4.79 Å². The first-order chi connectivity index (χ1) is 9.81. The summed E-state index contributed by atoms with van der Waals surface area (Å²) in [5.74, 6) is 1.30. The van der Waals surface area contributed by atoms with E-state index in [4.69, 9.17) is 18.0 Å². The van der Waals surface area contributed by atoms with Crippen molar-refractivity contribution in [3.05, 3.63) is 23.9 Å². The van der Waals surface area contributed by atoms with Crippen molar-refractivity contribution in [1.29, 1.82) is 0 Å². The van der Waals surface area contributed by atoms with Gasteiger partial charge in [-0.1, -0.05) is 26.1 Å². The van der Waals surface area contributed by atoms with Crippen LogP contribution in [0.2, 0.25) is 0 Å². The standard InChI is InChI=1S/C15H24N4OS/c1-11(2)10-19(8-7-13(16)21)14-6-5-12(9-17-14)15(20)18(3)4/h5-6,9,11H,7-8,10H2,1-4H3,(H2,16,21). The highest BCUT2D eigenvalue weighted by molar-refractivity contribution is 7.80. The molecule has 6 heteroatoms. The summed E-state index contributed by atoms with van der Waals surface area (Å²) in [6, 6.07) is 3.68. The normalized spacial score (nSPS) is 10.5. The first kappa shape index (κ1) is 17.4. The highest BCUT2D eigenvalue weighted by Crippen LogP contribution is 2.14. The summed E-state index contributed by atoms with van der Waals surface area (Å²) in [6.45, 7) is 5.91. The van der Waals surface area contributed by atoms with Crippen LogP contribution in [0.5, 0.6) is 0 Å². The van der Waals surface area contributed by atoms with Gasteiger partial charge in [0.2, 0.25) is 0 Å². The molecule has 2 N–H and O–H groups in total. The second kappa shape index (κ2) is 7.93. The van der Waals surface area contributed by atoms with Crippen LogP contribution in [0.15, 0.2) is 18.3 Å². The van der Waals surface area contributed by atoms with E-state index < -0.39 is 0 Å². The van der Waals surface area contributed by atoms with Gasteiger partial charge < -0.3 is 15.5 Å². The summed E-state index contributed by atoms with van der Waals surface area (Å²) in [5.41, 5.74) is 6.17. The summed E-state index contributed by atoms with van der Waals surface area (Å²) >= 11 is 4.94. The number of carbonyl (C=O) groups is 1. The number of rotatable bonds is 7. The van der Waals surface area contributed by atoms with Crippen molar-refractivity contribution in [3.63, 3.8) is 0 Å². The maximum atomic E-state index is 11.9. The number of anilines is 1. The number of nitrogens with zero attached hydrogens (tertiary/aromatic N) is 3. The van der Waals surface area contributed by atoms with Crippen LogP contribution < -0.4 is 10.6 Å². The van der Waals surface area contributed by atoms with E-state index in [0.29, 0.717) is 22.9 Å². The van der Waals surface area contributed by atoms with E-state index in [-0.39, 0.29) is 5.91 Å². The molecule has 0 aromatic carbocycles. The first-order valence-corrected chi connectivity index (χ1v) is 7.43. The van der Waals surface area contributed by atoms with Crippen molar-refractivity contribution in [2.24, 2.45) is 11.7 Å². The fourth-order valence-corrected chi connectivity index (χ4v) is 2.03. The quantitative estimate of drug-likeness (QED) is 0.780. The van der Waals surface area contributed by atoms with E-state index in [0.717, 1.165) is 18.9 Å². The van der Waals surface area contributed by atoms with Crippen molar-refractivity contribution >= 4 is 28.9 Å². The first-order valence-electron chi connectivity index (χ1n) is 7.02. The number of amides is 1. The largest absolute Gasteiger partial charge is 0.393 e. The van der Waals surface area contributed by atoms with E-state index >= 15 is 0 Å². The predicted molar refractivity (Wildman–Crippen MR) is 90.7 cm³/mol. The molecular formula is C15H24N4OS. The molecule has 5 nitrogen and oxygen atoms in total. The molecule has 0 saturated carbocycles. The lowest BCUT2D eigenvalue weighted by atomic mass is 10.2. The van der Waals surface area contributed by atoms with Crippen LogP contribution in [0, 0.1) is 5.92 Å².